The first-order valence-electron chi connectivity index (χ1n) is 6.79. The molecule has 0 radical (unpaired) electrons. The molecule has 1 saturated carbocycles. The minimum absolute atomic E-state index is 0.514. The summed E-state index contributed by atoms with van der Waals surface area (Å²) in [5, 5.41) is 7.51. The van der Waals surface area contributed by atoms with Crippen molar-refractivity contribution in [2.24, 2.45) is 5.41 Å². The number of anilines is 1. The summed E-state index contributed by atoms with van der Waals surface area (Å²) >= 11 is 1.91. The van der Waals surface area contributed by atoms with E-state index in [1.165, 1.54) is 23.4 Å². The number of nitrogens with one attached hydrogen (secondary N) is 2. The van der Waals surface area contributed by atoms with Crippen molar-refractivity contribution in [2.45, 2.75) is 36.8 Å². The first kappa shape index (κ1) is 13.8. The quantitative estimate of drug-likeness (QED) is 0.736. The minimum Gasteiger partial charge on any atom is -0.384 e. The van der Waals surface area contributed by atoms with Gasteiger partial charge in [-0.05, 0) is 44.2 Å². The summed E-state index contributed by atoms with van der Waals surface area (Å²) in [5.74, 6) is 0. The zero-order valence-corrected chi connectivity index (χ0v) is 12.4. The van der Waals surface area contributed by atoms with E-state index in [9.17, 15) is 0 Å². The van der Waals surface area contributed by atoms with Crippen molar-refractivity contribution in [1.82, 2.24) is 5.32 Å². The molecule has 0 spiro atoms. The van der Waals surface area contributed by atoms with Crippen molar-refractivity contribution >= 4 is 17.4 Å². The third-order valence-electron chi connectivity index (χ3n) is 3.40. The molecule has 0 heterocycles. The topological polar surface area (TPSA) is 24.1 Å². The van der Waals surface area contributed by atoms with Gasteiger partial charge in [0.15, 0.2) is 0 Å². The molecule has 0 saturated heterocycles. The molecule has 2 nitrogen and oxygen atoms in total. The highest BCUT2D eigenvalue weighted by atomic mass is 32.2. The summed E-state index contributed by atoms with van der Waals surface area (Å²) in [7, 11) is 2.04. The summed E-state index contributed by atoms with van der Waals surface area (Å²) in [6.45, 7) is 6.67. The fourth-order valence-corrected chi connectivity index (χ4v) is 3.02. The van der Waals surface area contributed by atoms with Crippen LogP contribution in [0.4, 0.5) is 5.69 Å². The predicted molar refractivity (Wildman–Crippen MR) is 81.5 cm³/mol. The van der Waals surface area contributed by atoms with Gasteiger partial charge in [-0.2, -0.15) is 0 Å². The Bertz CT molecular complexity index is 369. The first-order valence-corrected chi connectivity index (χ1v) is 7.67. The molecular weight excluding hydrogens is 240 g/mol. The van der Waals surface area contributed by atoms with E-state index in [1.54, 1.807) is 0 Å². The van der Waals surface area contributed by atoms with Gasteiger partial charge in [0.25, 0.3) is 0 Å². The van der Waals surface area contributed by atoms with Crippen LogP contribution in [0.15, 0.2) is 29.2 Å². The Morgan fingerprint density at radius 1 is 1.17 bits per heavy atom. The third-order valence-corrected chi connectivity index (χ3v) is 4.42. The number of hydrogen-bond acceptors (Lipinski definition) is 3. The van der Waals surface area contributed by atoms with Crippen LogP contribution < -0.4 is 10.6 Å². The van der Waals surface area contributed by atoms with Crippen LogP contribution in [0.25, 0.3) is 0 Å². The molecule has 100 valence electrons. The summed E-state index contributed by atoms with van der Waals surface area (Å²) in [5.41, 5.74) is 1.76. The SMILES string of the molecule is CNCC1(CNc2ccc(SC(C)C)cc2)CC1. The lowest BCUT2D eigenvalue weighted by molar-refractivity contribution is 0.507. The highest BCUT2D eigenvalue weighted by molar-refractivity contribution is 7.99. The molecule has 3 heteroatoms. The second-order valence-corrected chi connectivity index (χ2v) is 7.22. The highest BCUT2D eigenvalue weighted by Crippen LogP contribution is 2.44. The molecule has 18 heavy (non-hydrogen) atoms. The van der Waals surface area contributed by atoms with Gasteiger partial charge >= 0.3 is 0 Å². The molecule has 1 fully saturated rings. The maximum atomic E-state index is 3.56. The largest absolute Gasteiger partial charge is 0.384 e. The summed E-state index contributed by atoms with van der Waals surface area (Å²) < 4.78 is 0. The molecule has 0 aliphatic heterocycles. The van der Waals surface area contributed by atoms with Crippen molar-refractivity contribution in [2.75, 3.05) is 25.5 Å². The molecule has 0 atom stereocenters. The Balaban J connectivity index is 1.83. The molecule has 2 N–H and O–H groups in total. The van der Waals surface area contributed by atoms with Crippen LogP contribution in [0.5, 0.6) is 0 Å². The summed E-state index contributed by atoms with van der Waals surface area (Å²) in [6, 6.07) is 8.82. The summed E-state index contributed by atoms with van der Waals surface area (Å²) in [4.78, 5) is 1.35. The van der Waals surface area contributed by atoms with Crippen molar-refractivity contribution < 1.29 is 0 Å². The standard InChI is InChI=1S/C15H24N2S/c1-12(2)18-14-6-4-13(5-7-14)17-11-15(8-9-15)10-16-3/h4-7,12,16-17H,8-11H2,1-3H3. The average molecular weight is 264 g/mol. The van der Waals surface area contributed by atoms with Gasteiger partial charge in [0.05, 0.1) is 0 Å². The molecule has 1 aliphatic rings. The van der Waals surface area contributed by atoms with Gasteiger partial charge in [-0.1, -0.05) is 13.8 Å². The fraction of sp³-hybridized carbons (Fsp3) is 0.600. The zero-order valence-electron chi connectivity index (χ0n) is 11.6. The molecule has 1 aromatic carbocycles. The lowest BCUT2D eigenvalue weighted by Crippen LogP contribution is -2.26. The van der Waals surface area contributed by atoms with Crippen LogP contribution in [0.3, 0.4) is 0 Å². The predicted octanol–water partition coefficient (Wildman–Crippen LogP) is 3.60. The van der Waals surface area contributed by atoms with Gasteiger partial charge in [0.2, 0.25) is 0 Å². The summed E-state index contributed by atoms with van der Waals surface area (Å²) in [6.07, 6.45) is 2.70. The smallest absolute Gasteiger partial charge is 0.0341 e. The van der Waals surface area contributed by atoms with E-state index in [0.29, 0.717) is 10.7 Å². The fourth-order valence-electron chi connectivity index (χ4n) is 2.18. The number of thioether (sulfide) groups is 1. The van der Waals surface area contributed by atoms with Crippen LogP contribution >= 0.6 is 11.8 Å². The Morgan fingerprint density at radius 2 is 1.83 bits per heavy atom. The van der Waals surface area contributed by atoms with Gasteiger partial charge in [-0.25, -0.2) is 0 Å². The maximum absolute atomic E-state index is 3.56. The second-order valence-electron chi connectivity index (χ2n) is 5.57. The van der Waals surface area contributed by atoms with Gasteiger partial charge in [0.1, 0.15) is 0 Å². The Hall–Kier alpha value is -0.670. The van der Waals surface area contributed by atoms with Gasteiger partial charge in [0, 0.05) is 34.3 Å². The highest BCUT2D eigenvalue weighted by Gasteiger charge is 2.41. The van der Waals surface area contributed by atoms with E-state index in [4.69, 9.17) is 0 Å². The van der Waals surface area contributed by atoms with Crippen molar-refractivity contribution in [3.05, 3.63) is 24.3 Å². The lowest BCUT2D eigenvalue weighted by atomic mass is 10.1. The molecule has 0 aromatic heterocycles. The molecule has 0 unspecified atom stereocenters. The normalized spacial score (nSPS) is 16.9. The van der Waals surface area contributed by atoms with Crippen LogP contribution in [0.2, 0.25) is 0 Å². The van der Waals surface area contributed by atoms with Gasteiger partial charge < -0.3 is 10.6 Å². The first-order chi connectivity index (χ1) is 8.63. The van der Waals surface area contributed by atoms with Crippen LogP contribution in [-0.4, -0.2) is 25.4 Å². The molecule has 2 rings (SSSR count). The van der Waals surface area contributed by atoms with E-state index in [0.717, 1.165) is 13.1 Å². The van der Waals surface area contributed by atoms with Crippen molar-refractivity contribution in [3.8, 4) is 0 Å². The van der Waals surface area contributed by atoms with E-state index in [2.05, 4.69) is 48.7 Å². The van der Waals surface area contributed by atoms with Gasteiger partial charge in [-0.15, -0.1) is 11.8 Å². The molecule has 1 aromatic rings. The Kier molecular flexibility index (Phi) is 4.57. The second kappa shape index (κ2) is 5.98. The van der Waals surface area contributed by atoms with E-state index in [-0.39, 0.29) is 0 Å². The van der Waals surface area contributed by atoms with Crippen LogP contribution in [0.1, 0.15) is 26.7 Å². The third kappa shape index (κ3) is 3.92. The van der Waals surface area contributed by atoms with Crippen molar-refractivity contribution in [3.63, 3.8) is 0 Å². The lowest BCUT2D eigenvalue weighted by Gasteiger charge is -2.16. The monoisotopic (exact) mass is 264 g/mol. The van der Waals surface area contributed by atoms with Crippen LogP contribution in [0, 0.1) is 5.41 Å². The Labute approximate surface area is 115 Å². The molecule has 1 aliphatic carbocycles. The maximum Gasteiger partial charge on any atom is 0.0341 e. The average Bonchev–Trinajstić information content (AvgIpc) is 3.09. The minimum atomic E-state index is 0.514. The van der Waals surface area contributed by atoms with Crippen molar-refractivity contribution in [1.29, 1.82) is 0 Å². The van der Waals surface area contributed by atoms with E-state index in [1.807, 2.05) is 18.8 Å². The number of benzene rings is 1. The molecular formula is C15H24N2S. The van der Waals surface area contributed by atoms with E-state index >= 15 is 0 Å². The number of hydrogen-bond donors (Lipinski definition) is 2. The zero-order chi connectivity index (χ0) is 13.0. The number of rotatable bonds is 7. The molecule has 0 bridgehead atoms. The Morgan fingerprint density at radius 3 is 2.33 bits per heavy atom. The van der Waals surface area contributed by atoms with E-state index < -0.39 is 0 Å². The van der Waals surface area contributed by atoms with Crippen LogP contribution in [-0.2, 0) is 0 Å². The van der Waals surface area contributed by atoms with Gasteiger partial charge in [-0.3, -0.25) is 0 Å². The molecule has 0 amide bonds.